The predicted octanol–water partition coefficient (Wildman–Crippen LogP) is 8.08. The maximum absolute atomic E-state index is 13.3. The maximum atomic E-state index is 13.3. The van der Waals surface area contributed by atoms with E-state index in [-0.39, 0.29) is 16.6 Å². The normalized spacial score (nSPS) is 15.4. The highest BCUT2D eigenvalue weighted by molar-refractivity contribution is 7.13. The molecular weight excluding hydrogens is 388 g/mol. The van der Waals surface area contributed by atoms with Gasteiger partial charge < -0.3 is 0 Å². The Bertz CT molecular complexity index is 1030. The van der Waals surface area contributed by atoms with E-state index < -0.39 is 0 Å². The second-order valence-electron chi connectivity index (χ2n) is 9.69. The maximum Gasteiger partial charge on any atom is 0.186 e. The molecule has 0 atom stereocenters. The molecule has 0 saturated heterocycles. The molecule has 0 radical (unpaired) electrons. The quantitative estimate of drug-likeness (QED) is 0.464. The fraction of sp³-hybridized carbons (Fsp3) is 0.346. The Labute approximate surface area is 184 Å². The summed E-state index contributed by atoms with van der Waals surface area (Å²) in [5.41, 5.74) is 3.63. The lowest BCUT2D eigenvalue weighted by molar-refractivity contribution is -0.114. The van der Waals surface area contributed by atoms with Crippen molar-refractivity contribution in [2.45, 2.75) is 48.5 Å². The minimum Gasteiger partial charge on any atom is -0.289 e. The number of aryl methyl sites for hydroxylation is 1. The van der Waals surface area contributed by atoms with E-state index in [4.69, 9.17) is 0 Å². The van der Waals surface area contributed by atoms with E-state index in [1.54, 1.807) is 11.3 Å². The molecule has 3 nitrogen and oxygen atoms in total. The van der Waals surface area contributed by atoms with Crippen molar-refractivity contribution in [2.75, 3.05) is 0 Å². The molecule has 1 aliphatic carbocycles. The molecule has 156 valence electrons. The minimum absolute atomic E-state index is 0.125. The van der Waals surface area contributed by atoms with Gasteiger partial charge in [-0.15, -0.1) is 16.5 Å². The molecule has 0 bridgehead atoms. The molecule has 1 heterocycles. The Hall–Kier alpha value is -2.59. The molecule has 1 aromatic heterocycles. The van der Waals surface area contributed by atoms with Crippen LogP contribution in [0.25, 0.3) is 5.70 Å². The van der Waals surface area contributed by atoms with Crippen molar-refractivity contribution in [3.8, 4) is 0 Å². The fourth-order valence-electron chi connectivity index (χ4n) is 3.29. The van der Waals surface area contributed by atoms with Crippen LogP contribution in [0.5, 0.6) is 0 Å². The first-order valence-electron chi connectivity index (χ1n) is 10.2. The van der Waals surface area contributed by atoms with Crippen LogP contribution in [0.4, 0.5) is 5.69 Å². The van der Waals surface area contributed by atoms with Gasteiger partial charge in [0.05, 0.1) is 10.6 Å². The monoisotopic (exact) mass is 418 g/mol. The van der Waals surface area contributed by atoms with Crippen molar-refractivity contribution >= 4 is 28.5 Å². The summed E-state index contributed by atoms with van der Waals surface area (Å²) in [6.07, 6.45) is 4.01. The van der Waals surface area contributed by atoms with Gasteiger partial charge in [-0.3, -0.25) is 4.79 Å². The number of ketones is 1. The van der Waals surface area contributed by atoms with Crippen LogP contribution in [0.3, 0.4) is 0 Å². The van der Waals surface area contributed by atoms with Gasteiger partial charge in [-0.25, -0.2) is 0 Å². The standard InChI is InChI=1S/C26H30N2OS/c1-17-13-14-22(30-17)23(28-27-19-11-9-8-10-12-19)18-15-20(25(2,3)4)24(29)21(16-18)26(5,6)7/h8-16H,1-7H3. The average molecular weight is 419 g/mol. The lowest BCUT2D eigenvalue weighted by Crippen LogP contribution is -2.28. The zero-order valence-corrected chi connectivity index (χ0v) is 19.7. The van der Waals surface area contributed by atoms with Gasteiger partial charge in [0.25, 0.3) is 0 Å². The van der Waals surface area contributed by atoms with Gasteiger partial charge >= 0.3 is 0 Å². The van der Waals surface area contributed by atoms with Crippen LogP contribution >= 0.6 is 11.3 Å². The summed E-state index contributed by atoms with van der Waals surface area (Å²) < 4.78 is 0. The average Bonchev–Trinajstić information content (AvgIpc) is 3.08. The summed E-state index contributed by atoms with van der Waals surface area (Å²) in [5.74, 6) is 0.125. The third-order valence-corrected chi connectivity index (χ3v) is 5.98. The van der Waals surface area contributed by atoms with Crippen molar-refractivity contribution in [3.05, 3.63) is 81.1 Å². The van der Waals surface area contributed by atoms with Gasteiger partial charge in [-0.2, -0.15) is 5.11 Å². The summed E-state index contributed by atoms with van der Waals surface area (Å²) in [6, 6.07) is 13.9. The molecule has 2 aromatic rings. The molecular formula is C26H30N2OS. The second-order valence-corrected chi connectivity index (χ2v) is 11.0. The van der Waals surface area contributed by atoms with Crippen LogP contribution in [-0.2, 0) is 4.79 Å². The molecule has 4 heteroatoms. The third-order valence-electron chi connectivity index (χ3n) is 4.97. The molecule has 1 aliphatic rings. The van der Waals surface area contributed by atoms with E-state index in [0.717, 1.165) is 33.0 Å². The molecule has 0 amide bonds. The third kappa shape index (κ3) is 4.93. The topological polar surface area (TPSA) is 41.8 Å². The van der Waals surface area contributed by atoms with Crippen molar-refractivity contribution in [1.29, 1.82) is 0 Å². The molecule has 0 spiro atoms. The first-order valence-corrected chi connectivity index (χ1v) is 11.1. The summed E-state index contributed by atoms with van der Waals surface area (Å²) in [7, 11) is 0. The highest BCUT2D eigenvalue weighted by Gasteiger charge is 2.34. The number of thiophene rings is 1. The molecule has 1 aromatic carbocycles. The van der Waals surface area contributed by atoms with Crippen LogP contribution in [-0.4, -0.2) is 5.78 Å². The SMILES string of the molecule is Cc1ccc(C(N=Nc2ccccc2)=C2C=C(C(C)(C)C)C(=O)C(C(C)(C)C)=C2)s1. The van der Waals surface area contributed by atoms with Crippen LogP contribution in [0.15, 0.2) is 81.6 Å². The Morgan fingerprint density at radius 1 is 0.833 bits per heavy atom. The van der Waals surface area contributed by atoms with Crippen molar-refractivity contribution in [2.24, 2.45) is 21.1 Å². The van der Waals surface area contributed by atoms with Gasteiger partial charge in [-0.1, -0.05) is 59.7 Å². The lowest BCUT2D eigenvalue weighted by Gasteiger charge is -2.31. The zero-order chi connectivity index (χ0) is 22.1. The van der Waals surface area contributed by atoms with Crippen molar-refractivity contribution in [1.82, 2.24) is 0 Å². The Morgan fingerprint density at radius 2 is 1.40 bits per heavy atom. The molecule has 0 aliphatic heterocycles. The Kier molecular flexibility index (Phi) is 6.09. The Morgan fingerprint density at radius 3 is 1.87 bits per heavy atom. The van der Waals surface area contributed by atoms with Gasteiger partial charge in [0.2, 0.25) is 0 Å². The number of nitrogens with zero attached hydrogens (tertiary/aromatic N) is 2. The number of Topliss-reactive ketones (excluding diaryl/α,β-unsaturated/α-hetero) is 1. The number of hydrogen-bond acceptors (Lipinski definition) is 4. The lowest BCUT2D eigenvalue weighted by atomic mass is 9.71. The largest absolute Gasteiger partial charge is 0.289 e. The second kappa shape index (κ2) is 8.27. The number of benzene rings is 1. The molecule has 0 unspecified atom stereocenters. The van der Waals surface area contributed by atoms with Crippen molar-refractivity contribution < 1.29 is 4.79 Å². The first kappa shape index (κ1) is 22.1. The zero-order valence-electron chi connectivity index (χ0n) is 18.9. The highest BCUT2D eigenvalue weighted by atomic mass is 32.1. The van der Waals surface area contributed by atoms with Crippen LogP contribution in [0.1, 0.15) is 51.3 Å². The van der Waals surface area contributed by atoms with Crippen LogP contribution in [0.2, 0.25) is 0 Å². The number of carbonyl (C=O) groups is 1. The molecule has 30 heavy (non-hydrogen) atoms. The van der Waals surface area contributed by atoms with E-state index in [1.807, 2.05) is 42.5 Å². The van der Waals surface area contributed by atoms with Gasteiger partial charge in [0.15, 0.2) is 5.78 Å². The molecule has 0 fully saturated rings. The summed E-state index contributed by atoms with van der Waals surface area (Å²) in [6.45, 7) is 14.6. The summed E-state index contributed by atoms with van der Waals surface area (Å²) in [5, 5.41) is 9.17. The molecule has 0 N–H and O–H groups in total. The fourth-order valence-corrected chi connectivity index (χ4v) is 4.17. The van der Waals surface area contributed by atoms with E-state index in [1.165, 1.54) is 4.88 Å². The minimum atomic E-state index is -0.264. The number of rotatable bonds is 3. The highest BCUT2D eigenvalue weighted by Crippen LogP contribution is 2.41. The van der Waals surface area contributed by atoms with Crippen molar-refractivity contribution in [3.63, 3.8) is 0 Å². The van der Waals surface area contributed by atoms with Crippen LogP contribution in [0, 0.1) is 17.8 Å². The summed E-state index contributed by atoms with van der Waals surface area (Å²) >= 11 is 1.69. The predicted molar refractivity (Wildman–Crippen MR) is 127 cm³/mol. The Balaban J connectivity index is 2.26. The van der Waals surface area contributed by atoms with E-state index in [9.17, 15) is 4.79 Å². The number of carbonyl (C=O) groups excluding carboxylic acids is 1. The molecule has 0 saturated carbocycles. The number of allylic oxidation sites excluding steroid dienone is 5. The van der Waals surface area contributed by atoms with Crippen LogP contribution < -0.4 is 0 Å². The van der Waals surface area contributed by atoms with E-state index >= 15 is 0 Å². The van der Waals surface area contributed by atoms with E-state index in [2.05, 4.69) is 70.8 Å². The van der Waals surface area contributed by atoms with E-state index in [0.29, 0.717) is 0 Å². The van der Waals surface area contributed by atoms with Gasteiger partial charge in [-0.05, 0) is 54.2 Å². The summed E-state index contributed by atoms with van der Waals surface area (Å²) in [4.78, 5) is 15.6. The molecule has 3 rings (SSSR count). The van der Waals surface area contributed by atoms with Gasteiger partial charge in [0.1, 0.15) is 5.70 Å². The van der Waals surface area contributed by atoms with Gasteiger partial charge in [0, 0.05) is 21.6 Å². The number of hydrogen-bond donors (Lipinski definition) is 0. The first-order chi connectivity index (χ1) is 14.0. The smallest absolute Gasteiger partial charge is 0.186 e. The number of azo groups is 1.